The summed E-state index contributed by atoms with van der Waals surface area (Å²) in [6.45, 7) is 0.519. The van der Waals surface area contributed by atoms with Crippen LogP contribution in [0.3, 0.4) is 0 Å². The molecule has 0 saturated heterocycles. The van der Waals surface area contributed by atoms with Gasteiger partial charge in [0.05, 0.1) is 34.5 Å². The Bertz CT molecular complexity index is 866. The summed E-state index contributed by atoms with van der Waals surface area (Å²) in [5.41, 5.74) is 2.89. The molecule has 1 aliphatic heterocycles. The summed E-state index contributed by atoms with van der Waals surface area (Å²) in [6, 6.07) is 8.90. The largest absolute Gasteiger partial charge is 0.504 e. The van der Waals surface area contributed by atoms with Gasteiger partial charge >= 0.3 is 6.09 Å². The molecule has 2 aromatic carbocycles. The van der Waals surface area contributed by atoms with Gasteiger partial charge in [-0.1, -0.05) is 6.07 Å². The van der Waals surface area contributed by atoms with Crippen molar-refractivity contribution in [2.45, 2.75) is 18.9 Å². The summed E-state index contributed by atoms with van der Waals surface area (Å²) in [4.78, 5) is 14.1. The number of rotatable bonds is 5. The number of phenols is 1. The first-order valence-electron chi connectivity index (χ1n) is 8.97. The van der Waals surface area contributed by atoms with Crippen molar-refractivity contribution < 1.29 is 28.8 Å². The molecule has 150 valence electrons. The minimum absolute atomic E-state index is 0.0466. The molecule has 1 amide bonds. The number of hydrogen-bond acceptors (Lipinski definition) is 6. The van der Waals surface area contributed by atoms with Gasteiger partial charge in [-0.3, -0.25) is 0 Å². The first-order chi connectivity index (χ1) is 13.5. The minimum Gasteiger partial charge on any atom is -0.504 e. The number of hydrogen-bond donors (Lipinski definition) is 1. The third kappa shape index (κ3) is 3.65. The highest BCUT2D eigenvalue weighted by molar-refractivity contribution is 5.69. The van der Waals surface area contributed by atoms with E-state index in [1.165, 1.54) is 14.2 Å². The Morgan fingerprint density at radius 2 is 1.75 bits per heavy atom. The summed E-state index contributed by atoms with van der Waals surface area (Å²) in [6.07, 6.45) is 0.795. The van der Waals surface area contributed by atoms with Crippen molar-refractivity contribution in [3.8, 4) is 23.0 Å². The number of amides is 1. The van der Waals surface area contributed by atoms with Crippen molar-refractivity contribution >= 4 is 6.09 Å². The molecule has 1 N–H and O–H groups in total. The van der Waals surface area contributed by atoms with E-state index in [1.54, 1.807) is 25.2 Å². The SMILES string of the molecule is COC(=O)N1CCc2cc(OC)c(O)cc2C1Cc1ccc(OC)c(OC)c1. The fourth-order valence-electron chi connectivity index (χ4n) is 3.67. The lowest BCUT2D eigenvalue weighted by molar-refractivity contribution is 0.100. The smallest absolute Gasteiger partial charge is 0.410 e. The molecule has 2 aromatic rings. The average molecular weight is 387 g/mol. The molecule has 1 unspecified atom stereocenters. The molecule has 0 aliphatic carbocycles. The summed E-state index contributed by atoms with van der Waals surface area (Å²) >= 11 is 0. The second-order valence-electron chi connectivity index (χ2n) is 6.55. The molecule has 0 bridgehead atoms. The zero-order chi connectivity index (χ0) is 20.3. The average Bonchev–Trinajstić information content (AvgIpc) is 2.73. The van der Waals surface area contributed by atoms with Crippen LogP contribution < -0.4 is 14.2 Å². The summed E-state index contributed by atoms with van der Waals surface area (Å²) in [5, 5.41) is 10.3. The van der Waals surface area contributed by atoms with Gasteiger partial charge in [0.25, 0.3) is 0 Å². The van der Waals surface area contributed by atoms with E-state index in [0.29, 0.717) is 36.6 Å². The Hall–Kier alpha value is -3.09. The van der Waals surface area contributed by atoms with Gasteiger partial charge in [-0.15, -0.1) is 0 Å². The highest BCUT2D eigenvalue weighted by Gasteiger charge is 2.33. The number of ether oxygens (including phenoxy) is 4. The second-order valence-corrected chi connectivity index (χ2v) is 6.55. The summed E-state index contributed by atoms with van der Waals surface area (Å²) in [7, 11) is 6.07. The van der Waals surface area contributed by atoms with Gasteiger partial charge in [-0.2, -0.15) is 0 Å². The molecule has 3 rings (SSSR count). The van der Waals surface area contributed by atoms with Crippen LogP contribution in [-0.2, 0) is 17.6 Å². The highest BCUT2D eigenvalue weighted by atomic mass is 16.5. The lowest BCUT2D eigenvalue weighted by atomic mass is 9.88. The van der Waals surface area contributed by atoms with Gasteiger partial charge in [0.2, 0.25) is 0 Å². The number of phenolic OH excluding ortho intramolecular Hbond substituents is 1. The Balaban J connectivity index is 2.02. The van der Waals surface area contributed by atoms with Crippen LogP contribution in [0.2, 0.25) is 0 Å². The van der Waals surface area contributed by atoms with E-state index < -0.39 is 6.09 Å². The van der Waals surface area contributed by atoms with Crippen LogP contribution in [0, 0.1) is 0 Å². The fourth-order valence-corrected chi connectivity index (χ4v) is 3.67. The van der Waals surface area contributed by atoms with E-state index in [2.05, 4.69) is 0 Å². The van der Waals surface area contributed by atoms with Crippen LogP contribution in [0.25, 0.3) is 0 Å². The molecular formula is C21H25NO6. The second kappa shape index (κ2) is 8.29. The van der Waals surface area contributed by atoms with Crippen LogP contribution in [0.5, 0.6) is 23.0 Å². The molecular weight excluding hydrogens is 362 g/mol. The number of aromatic hydroxyl groups is 1. The van der Waals surface area contributed by atoms with Gasteiger partial charge in [0.15, 0.2) is 23.0 Å². The Kier molecular flexibility index (Phi) is 5.82. The van der Waals surface area contributed by atoms with Gasteiger partial charge in [0, 0.05) is 6.54 Å². The number of fused-ring (bicyclic) bond motifs is 1. The topological polar surface area (TPSA) is 77.5 Å². The van der Waals surface area contributed by atoms with E-state index in [0.717, 1.165) is 16.7 Å². The minimum atomic E-state index is -0.397. The molecule has 28 heavy (non-hydrogen) atoms. The molecule has 7 heteroatoms. The van der Waals surface area contributed by atoms with E-state index in [4.69, 9.17) is 18.9 Å². The maximum atomic E-state index is 12.4. The van der Waals surface area contributed by atoms with E-state index in [-0.39, 0.29) is 11.8 Å². The summed E-state index contributed by atoms with van der Waals surface area (Å²) in [5.74, 6) is 1.74. The normalized spacial score (nSPS) is 15.6. The molecule has 1 aliphatic rings. The Morgan fingerprint density at radius 3 is 2.39 bits per heavy atom. The molecule has 0 fully saturated rings. The van der Waals surface area contributed by atoms with Gasteiger partial charge in [-0.25, -0.2) is 4.79 Å². The van der Waals surface area contributed by atoms with Gasteiger partial charge < -0.3 is 29.0 Å². The monoisotopic (exact) mass is 387 g/mol. The molecule has 7 nitrogen and oxygen atoms in total. The van der Waals surface area contributed by atoms with Gasteiger partial charge in [-0.05, 0) is 53.8 Å². The fraction of sp³-hybridized carbons (Fsp3) is 0.381. The van der Waals surface area contributed by atoms with Crippen LogP contribution in [0.4, 0.5) is 4.79 Å². The lowest BCUT2D eigenvalue weighted by Gasteiger charge is -2.36. The number of methoxy groups -OCH3 is 4. The van der Waals surface area contributed by atoms with Crippen molar-refractivity contribution in [2.75, 3.05) is 35.0 Å². The maximum Gasteiger partial charge on any atom is 0.410 e. The van der Waals surface area contributed by atoms with E-state index in [1.807, 2.05) is 24.3 Å². The van der Waals surface area contributed by atoms with Gasteiger partial charge in [0.1, 0.15) is 0 Å². The van der Waals surface area contributed by atoms with E-state index >= 15 is 0 Å². The molecule has 1 atom stereocenters. The number of nitrogens with zero attached hydrogens (tertiary/aromatic N) is 1. The highest BCUT2D eigenvalue weighted by Crippen LogP contribution is 2.40. The zero-order valence-corrected chi connectivity index (χ0v) is 16.5. The number of carbonyl (C=O) groups excluding carboxylic acids is 1. The molecule has 0 aromatic heterocycles. The van der Waals surface area contributed by atoms with Crippen LogP contribution in [-0.4, -0.2) is 51.1 Å². The van der Waals surface area contributed by atoms with Crippen molar-refractivity contribution in [2.24, 2.45) is 0 Å². The zero-order valence-electron chi connectivity index (χ0n) is 16.5. The molecule has 1 heterocycles. The predicted octanol–water partition coefficient (Wildman–Crippen LogP) is 3.33. The number of carbonyl (C=O) groups is 1. The lowest BCUT2D eigenvalue weighted by Crippen LogP contribution is -2.41. The van der Waals surface area contributed by atoms with Crippen LogP contribution >= 0.6 is 0 Å². The third-order valence-corrected chi connectivity index (χ3v) is 5.08. The number of benzene rings is 2. The maximum absolute atomic E-state index is 12.4. The standard InChI is InChI=1S/C21H25NO6/c1-25-18-6-5-13(10-20(18)27-3)9-16-15-12-17(23)19(26-2)11-14(15)7-8-22(16)21(24)28-4/h5-6,10-12,16,23H,7-9H2,1-4H3. The third-order valence-electron chi connectivity index (χ3n) is 5.08. The molecule has 0 saturated carbocycles. The van der Waals surface area contributed by atoms with Crippen molar-refractivity contribution in [3.05, 3.63) is 47.0 Å². The van der Waals surface area contributed by atoms with Crippen molar-refractivity contribution in [3.63, 3.8) is 0 Å². The Labute approximate surface area is 164 Å². The molecule has 0 radical (unpaired) electrons. The van der Waals surface area contributed by atoms with Crippen molar-refractivity contribution in [1.82, 2.24) is 4.90 Å². The quantitative estimate of drug-likeness (QED) is 0.848. The summed E-state index contributed by atoms with van der Waals surface area (Å²) < 4.78 is 20.9. The first-order valence-corrected chi connectivity index (χ1v) is 8.97. The first kappa shape index (κ1) is 19.7. The van der Waals surface area contributed by atoms with Crippen LogP contribution in [0.1, 0.15) is 22.7 Å². The predicted molar refractivity (Wildman–Crippen MR) is 103 cm³/mol. The molecule has 0 spiro atoms. The van der Waals surface area contributed by atoms with Crippen molar-refractivity contribution in [1.29, 1.82) is 0 Å². The van der Waals surface area contributed by atoms with E-state index in [9.17, 15) is 9.90 Å². The van der Waals surface area contributed by atoms with Crippen LogP contribution in [0.15, 0.2) is 30.3 Å². The Morgan fingerprint density at radius 1 is 1.04 bits per heavy atom.